The fourth-order valence-electron chi connectivity index (χ4n) is 4.00. The van der Waals surface area contributed by atoms with Crippen molar-refractivity contribution >= 4 is 23.4 Å². The highest BCUT2D eigenvalue weighted by Crippen LogP contribution is 2.22. The number of amides is 3. The normalized spacial score (nSPS) is 16.5. The number of anilines is 1. The molecule has 0 aromatic heterocycles. The van der Waals surface area contributed by atoms with Gasteiger partial charge < -0.3 is 14.5 Å². The number of piperazine rings is 1. The highest BCUT2D eigenvalue weighted by Gasteiger charge is 2.31. The van der Waals surface area contributed by atoms with E-state index in [0.29, 0.717) is 18.7 Å². The number of fused-ring (bicyclic) bond motifs is 1. The predicted molar refractivity (Wildman–Crippen MR) is 113 cm³/mol. The second kappa shape index (κ2) is 8.57. The molecule has 1 saturated heterocycles. The molecule has 7 heteroatoms. The van der Waals surface area contributed by atoms with Crippen molar-refractivity contribution < 1.29 is 19.1 Å². The van der Waals surface area contributed by atoms with Crippen molar-refractivity contribution in [3.8, 4) is 5.75 Å². The van der Waals surface area contributed by atoms with Gasteiger partial charge in [-0.05, 0) is 35.9 Å². The molecule has 0 spiro atoms. The molecule has 2 aliphatic heterocycles. The number of hydrogen-bond acceptors (Lipinski definition) is 5. The first kappa shape index (κ1) is 19.9. The van der Waals surface area contributed by atoms with E-state index >= 15 is 0 Å². The van der Waals surface area contributed by atoms with Gasteiger partial charge in [0.15, 0.2) is 0 Å². The Bertz CT molecular complexity index is 949. The van der Waals surface area contributed by atoms with Gasteiger partial charge in [-0.2, -0.15) is 0 Å². The molecule has 3 amide bonds. The summed E-state index contributed by atoms with van der Waals surface area (Å²) in [4.78, 5) is 42.9. The molecule has 2 aromatic carbocycles. The molecule has 0 aliphatic carbocycles. The molecule has 2 aromatic rings. The molecule has 0 saturated carbocycles. The van der Waals surface area contributed by atoms with Crippen LogP contribution in [0.4, 0.5) is 5.69 Å². The molecule has 2 heterocycles. The van der Waals surface area contributed by atoms with Crippen LogP contribution < -0.4 is 9.64 Å². The minimum atomic E-state index is -0.307. The SMILES string of the molecule is COc1ccc(N2CCN(C(=O)CCN3C(=O)Cc4ccccc4C3=O)CC2)cc1. The van der Waals surface area contributed by atoms with E-state index in [9.17, 15) is 14.4 Å². The highest BCUT2D eigenvalue weighted by molar-refractivity contribution is 6.09. The maximum absolute atomic E-state index is 12.7. The molecule has 0 atom stereocenters. The van der Waals surface area contributed by atoms with Gasteiger partial charge >= 0.3 is 0 Å². The first-order valence-corrected chi connectivity index (χ1v) is 10.2. The van der Waals surface area contributed by atoms with Gasteiger partial charge in [-0.25, -0.2) is 0 Å². The summed E-state index contributed by atoms with van der Waals surface area (Å²) in [6.07, 6.45) is 0.360. The van der Waals surface area contributed by atoms with Gasteiger partial charge in [0, 0.05) is 50.4 Å². The topological polar surface area (TPSA) is 70.2 Å². The van der Waals surface area contributed by atoms with Crippen LogP contribution in [0.2, 0.25) is 0 Å². The molecule has 4 rings (SSSR count). The number of carbonyl (C=O) groups excluding carboxylic acids is 3. The summed E-state index contributed by atoms with van der Waals surface area (Å²) in [5.74, 6) is 0.246. The third-order valence-corrected chi connectivity index (χ3v) is 5.75. The maximum Gasteiger partial charge on any atom is 0.260 e. The van der Waals surface area contributed by atoms with Gasteiger partial charge in [-0.15, -0.1) is 0 Å². The number of imide groups is 1. The van der Waals surface area contributed by atoms with Crippen LogP contribution in [0.3, 0.4) is 0 Å². The molecule has 0 radical (unpaired) electrons. The molecule has 2 aliphatic rings. The van der Waals surface area contributed by atoms with Crippen LogP contribution in [0.1, 0.15) is 22.3 Å². The summed E-state index contributed by atoms with van der Waals surface area (Å²) < 4.78 is 5.19. The van der Waals surface area contributed by atoms with Gasteiger partial charge in [-0.3, -0.25) is 19.3 Å². The van der Waals surface area contributed by atoms with Gasteiger partial charge in [-0.1, -0.05) is 18.2 Å². The molecular weight excluding hydrogens is 382 g/mol. The summed E-state index contributed by atoms with van der Waals surface area (Å²) in [7, 11) is 1.64. The van der Waals surface area contributed by atoms with E-state index in [-0.39, 0.29) is 37.1 Å². The van der Waals surface area contributed by atoms with Gasteiger partial charge in [0.1, 0.15) is 5.75 Å². The number of rotatable bonds is 5. The third kappa shape index (κ3) is 4.01. The number of carbonyl (C=O) groups is 3. The summed E-state index contributed by atoms with van der Waals surface area (Å²) in [5.41, 5.74) is 2.41. The zero-order valence-electron chi connectivity index (χ0n) is 17.0. The first-order chi connectivity index (χ1) is 14.6. The van der Waals surface area contributed by atoms with Crippen molar-refractivity contribution in [1.29, 1.82) is 0 Å². The first-order valence-electron chi connectivity index (χ1n) is 10.2. The lowest BCUT2D eigenvalue weighted by atomic mass is 9.98. The Hall–Kier alpha value is -3.35. The monoisotopic (exact) mass is 407 g/mol. The molecule has 0 N–H and O–H groups in total. The van der Waals surface area contributed by atoms with Crippen molar-refractivity contribution in [3.63, 3.8) is 0 Å². The standard InChI is InChI=1S/C23H25N3O4/c1-30-19-8-6-18(7-9-19)24-12-14-25(15-13-24)21(27)10-11-26-22(28)16-17-4-2-3-5-20(17)23(26)29/h2-9H,10-16H2,1H3. The fourth-order valence-corrected chi connectivity index (χ4v) is 4.00. The smallest absolute Gasteiger partial charge is 0.260 e. The van der Waals surface area contributed by atoms with Crippen molar-refractivity contribution in [2.24, 2.45) is 0 Å². The lowest BCUT2D eigenvalue weighted by Gasteiger charge is -2.36. The van der Waals surface area contributed by atoms with Crippen molar-refractivity contribution in [3.05, 3.63) is 59.7 Å². The van der Waals surface area contributed by atoms with Crippen LogP contribution in [0.25, 0.3) is 0 Å². The van der Waals surface area contributed by atoms with Crippen LogP contribution >= 0.6 is 0 Å². The van der Waals surface area contributed by atoms with Gasteiger partial charge in [0.05, 0.1) is 13.5 Å². The van der Waals surface area contributed by atoms with Crippen LogP contribution in [-0.2, 0) is 16.0 Å². The lowest BCUT2D eigenvalue weighted by Crippen LogP contribution is -2.50. The number of hydrogen-bond donors (Lipinski definition) is 0. The maximum atomic E-state index is 12.7. The Kier molecular flexibility index (Phi) is 5.70. The second-order valence-corrected chi connectivity index (χ2v) is 7.50. The van der Waals surface area contributed by atoms with E-state index in [1.165, 1.54) is 4.90 Å². The number of methoxy groups -OCH3 is 1. The quantitative estimate of drug-likeness (QED) is 0.709. The minimum Gasteiger partial charge on any atom is -0.497 e. The Morgan fingerprint density at radius 2 is 1.67 bits per heavy atom. The molecule has 7 nitrogen and oxygen atoms in total. The van der Waals surface area contributed by atoms with Crippen LogP contribution in [-0.4, -0.2) is 67.4 Å². The summed E-state index contributed by atoms with van der Waals surface area (Å²) in [6, 6.07) is 15.0. The Labute approximate surface area is 175 Å². The van der Waals surface area contributed by atoms with Crippen molar-refractivity contribution in [2.75, 3.05) is 44.7 Å². The van der Waals surface area contributed by atoms with E-state index in [1.807, 2.05) is 35.2 Å². The average Bonchev–Trinajstić information content (AvgIpc) is 2.79. The van der Waals surface area contributed by atoms with Crippen LogP contribution in [0.5, 0.6) is 5.75 Å². The fraction of sp³-hybridized carbons (Fsp3) is 0.348. The summed E-state index contributed by atoms with van der Waals surface area (Å²) in [5, 5.41) is 0. The molecular formula is C23H25N3O4. The van der Waals surface area contributed by atoms with Crippen LogP contribution in [0, 0.1) is 0 Å². The zero-order valence-corrected chi connectivity index (χ0v) is 17.0. The van der Waals surface area contributed by atoms with E-state index in [1.54, 1.807) is 25.3 Å². The number of benzene rings is 2. The number of nitrogens with zero attached hydrogens (tertiary/aromatic N) is 3. The average molecular weight is 407 g/mol. The molecule has 30 heavy (non-hydrogen) atoms. The van der Waals surface area contributed by atoms with E-state index in [2.05, 4.69) is 4.90 Å². The predicted octanol–water partition coefficient (Wildman–Crippen LogP) is 1.96. The molecule has 0 unspecified atom stereocenters. The van der Waals surface area contributed by atoms with E-state index in [4.69, 9.17) is 4.74 Å². The number of ether oxygens (including phenoxy) is 1. The summed E-state index contributed by atoms with van der Waals surface area (Å²) in [6.45, 7) is 2.86. The van der Waals surface area contributed by atoms with Crippen molar-refractivity contribution in [1.82, 2.24) is 9.80 Å². The van der Waals surface area contributed by atoms with Crippen LogP contribution in [0.15, 0.2) is 48.5 Å². The van der Waals surface area contributed by atoms with E-state index in [0.717, 1.165) is 30.1 Å². The summed E-state index contributed by atoms with van der Waals surface area (Å²) >= 11 is 0. The van der Waals surface area contributed by atoms with Gasteiger partial charge in [0.25, 0.3) is 5.91 Å². The van der Waals surface area contributed by atoms with E-state index < -0.39 is 0 Å². The van der Waals surface area contributed by atoms with Crippen molar-refractivity contribution in [2.45, 2.75) is 12.8 Å². The Morgan fingerprint density at radius 3 is 2.37 bits per heavy atom. The molecule has 0 bridgehead atoms. The third-order valence-electron chi connectivity index (χ3n) is 5.75. The molecule has 1 fully saturated rings. The largest absolute Gasteiger partial charge is 0.497 e. The molecule has 156 valence electrons. The second-order valence-electron chi connectivity index (χ2n) is 7.50. The lowest BCUT2D eigenvalue weighted by molar-refractivity contribution is -0.133. The minimum absolute atomic E-state index is 0.0242. The Morgan fingerprint density at radius 1 is 0.967 bits per heavy atom. The zero-order chi connectivity index (χ0) is 21.1. The van der Waals surface area contributed by atoms with Gasteiger partial charge in [0.2, 0.25) is 11.8 Å². The Balaban J connectivity index is 1.30. The highest BCUT2D eigenvalue weighted by atomic mass is 16.5.